The van der Waals surface area contributed by atoms with Gasteiger partial charge in [0.1, 0.15) is 5.58 Å². The summed E-state index contributed by atoms with van der Waals surface area (Å²) in [7, 11) is -3.60. The summed E-state index contributed by atoms with van der Waals surface area (Å²) in [6.45, 7) is 16.9. The number of nitrogens with zero attached hydrogens (tertiary/aromatic N) is 2. The molecule has 1 aromatic heterocycles. The van der Waals surface area contributed by atoms with E-state index in [1.165, 1.54) is 0 Å². The lowest BCUT2D eigenvalue weighted by Gasteiger charge is -2.34. The summed E-state index contributed by atoms with van der Waals surface area (Å²) >= 11 is 0. The molecule has 1 aliphatic rings. The molecule has 0 saturated carbocycles. The van der Waals surface area contributed by atoms with E-state index < -0.39 is 10.0 Å². The normalized spacial score (nSPS) is 20.9. The fourth-order valence-corrected chi connectivity index (χ4v) is 6.57. The van der Waals surface area contributed by atoms with Gasteiger partial charge in [0.25, 0.3) is 5.91 Å². The van der Waals surface area contributed by atoms with Gasteiger partial charge in [0.2, 0.25) is 10.0 Å². The van der Waals surface area contributed by atoms with E-state index in [4.69, 9.17) is 4.42 Å². The molecular weight excluding hydrogens is 438 g/mol. The molecule has 0 radical (unpaired) electrons. The quantitative estimate of drug-likeness (QED) is 0.588. The van der Waals surface area contributed by atoms with E-state index in [0.29, 0.717) is 53.9 Å². The minimum Gasteiger partial charge on any atom is -0.451 e. The fraction of sp³-hybridized carbons (Fsp3) is 0.640. The minimum absolute atomic E-state index is 0.245. The van der Waals surface area contributed by atoms with Gasteiger partial charge in [0, 0.05) is 37.1 Å². The lowest BCUT2D eigenvalue weighted by molar-refractivity contribution is 0.0918. The van der Waals surface area contributed by atoms with Gasteiger partial charge in [-0.1, -0.05) is 34.6 Å². The predicted molar refractivity (Wildman–Crippen MR) is 132 cm³/mol. The summed E-state index contributed by atoms with van der Waals surface area (Å²) in [6.07, 6.45) is 1.04. The molecule has 0 aliphatic carbocycles. The van der Waals surface area contributed by atoms with Crippen LogP contribution in [0.1, 0.15) is 57.2 Å². The third-order valence-corrected chi connectivity index (χ3v) is 8.49. The van der Waals surface area contributed by atoms with Crippen LogP contribution in [0.15, 0.2) is 27.5 Å². The Morgan fingerprint density at radius 2 is 1.85 bits per heavy atom. The van der Waals surface area contributed by atoms with Crippen LogP contribution in [0.5, 0.6) is 0 Å². The number of nitrogens with one attached hydrogen (secondary N) is 1. The SMILES string of the molecule is CCN(CC)C[C@@H](C)CNC(=O)c1oc2ccc(S(=O)(=O)N3C[C@H](C)C[C@H](C)C3)cc2c1C. The Morgan fingerprint density at radius 1 is 1.21 bits per heavy atom. The second-order valence-corrected chi connectivity index (χ2v) is 11.7. The molecular formula is C25H39N3O4S. The van der Waals surface area contributed by atoms with Crippen molar-refractivity contribution in [2.45, 2.75) is 52.9 Å². The Bertz CT molecular complexity index is 1060. The Balaban J connectivity index is 1.78. The molecule has 0 unspecified atom stereocenters. The average Bonchev–Trinajstić information content (AvgIpc) is 3.11. The van der Waals surface area contributed by atoms with Crippen molar-refractivity contribution >= 4 is 26.9 Å². The summed E-state index contributed by atoms with van der Waals surface area (Å²) < 4.78 is 34.0. The second-order valence-electron chi connectivity index (χ2n) is 9.78. The second kappa shape index (κ2) is 10.6. The zero-order valence-corrected chi connectivity index (χ0v) is 21.7. The van der Waals surface area contributed by atoms with Crippen LogP contribution < -0.4 is 5.32 Å². The molecule has 2 heterocycles. The van der Waals surface area contributed by atoms with E-state index in [9.17, 15) is 13.2 Å². The van der Waals surface area contributed by atoms with Crippen molar-refractivity contribution in [3.05, 3.63) is 29.5 Å². The maximum absolute atomic E-state index is 13.3. The summed E-state index contributed by atoms with van der Waals surface area (Å²) in [5, 5.41) is 3.64. The number of carbonyl (C=O) groups excluding carboxylic acids is 1. The first-order valence-electron chi connectivity index (χ1n) is 12.1. The summed E-state index contributed by atoms with van der Waals surface area (Å²) in [5.41, 5.74) is 1.18. The molecule has 7 nitrogen and oxygen atoms in total. The molecule has 184 valence electrons. The van der Waals surface area contributed by atoms with Crippen molar-refractivity contribution in [3.63, 3.8) is 0 Å². The van der Waals surface area contributed by atoms with E-state index in [2.05, 4.69) is 44.8 Å². The Hall–Kier alpha value is -1.90. The van der Waals surface area contributed by atoms with Crippen LogP contribution in [0.4, 0.5) is 0 Å². The number of hydrogen-bond donors (Lipinski definition) is 1. The highest BCUT2D eigenvalue weighted by atomic mass is 32.2. The first-order chi connectivity index (χ1) is 15.6. The number of hydrogen-bond acceptors (Lipinski definition) is 5. The van der Waals surface area contributed by atoms with Crippen LogP contribution in [0.2, 0.25) is 0 Å². The maximum Gasteiger partial charge on any atom is 0.287 e. The van der Waals surface area contributed by atoms with Crippen molar-refractivity contribution in [2.24, 2.45) is 17.8 Å². The smallest absolute Gasteiger partial charge is 0.287 e. The van der Waals surface area contributed by atoms with Gasteiger partial charge in [0.05, 0.1) is 4.90 Å². The van der Waals surface area contributed by atoms with Gasteiger partial charge in [-0.2, -0.15) is 4.31 Å². The standard InChI is InChI=1S/C25H39N3O4S/c1-7-27(8-2)14-19(5)13-26-25(29)24-20(6)22-12-21(9-10-23(22)32-24)33(30,31)28-15-17(3)11-18(4)16-28/h9-10,12,17-19H,7-8,11,13-16H2,1-6H3,(H,26,29)/t17-,18+,19-/m0/s1. The van der Waals surface area contributed by atoms with Crippen molar-refractivity contribution < 1.29 is 17.6 Å². The zero-order valence-electron chi connectivity index (χ0n) is 20.8. The number of furan rings is 1. The molecule has 1 amide bonds. The van der Waals surface area contributed by atoms with E-state index in [-0.39, 0.29) is 16.6 Å². The van der Waals surface area contributed by atoms with Gasteiger partial charge in [-0.05, 0) is 62.4 Å². The molecule has 0 spiro atoms. The monoisotopic (exact) mass is 477 g/mol. The summed E-state index contributed by atoms with van der Waals surface area (Å²) in [6, 6.07) is 4.89. The summed E-state index contributed by atoms with van der Waals surface area (Å²) in [4.78, 5) is 15.4. The van der Waals surface area contributed by atoms with Gasteiger partial charge in [-0.3, -0.25) is 4.79 Å². The van der Waals surface area contributed by atoms with Crippen molar-refractivity contribution in [1.29, 1.82) is 0 Å². The molecule has 3 atom stereocenters. The minimum atomic E-state index is -3.60. The van der Waals surface area contributed by atoms with Crippen LogP contribution in [-0.2, 0) is 10.0 Å². The van der Waals surface area contributed by atoms with Crippen molar-refractivity contribution in [2.75, 3.05) is 39.3 Å². The Kier molecular flexibility index (Phi) is 8.24. The van der Waals surface area contributed by atoms with Crippen LogP contribution in [0.25, 0.3) is 11.0 Å². The van der Waals surface area contributed by atoms with Crippen LogP contribution in [-0.4, -0.2) is 62.8 Å². The average molecular weight is 478 g/mol. The highest BCUT2D eigenvalue weighted by Gasteiger charge is 2.32. The van der Waals surface area contributed by atoms with E-state index >= 15 is 0 Å². The van der Waals surface area contributed by atoms with E-state index in [1.807, 2.05) is 6.92 Å². The molecule has 1 aromatic carbocycles. The number of fused-ring (bicyclic) bond motifs is 1. The van der Waals surface area contributed by atoms with Crippen molar-refractivity contribution in [1.82, 2.24) is 14.5 Å². The van der Waals surface area contributed by atoms with Crippen LogP contribution >= 0.6 is 0 Å². The largest absolute Gasteiger partial charge is 0.451 e. The first-order valence-corrected chi connectivity index (χ1v) is 13.5. The first kappa shape index (κ1) is 25.7. The molecule has 2 aromatic rings. The summed E-state index contributed by atoms with van der Waals surface area (Å²) in [5.74, 6) is 0.960. The molecule has 33 heavy (non-hydrogen) atoms. The fourth-order valence-electron chi connectivity index (χ4n) is 4.86. The molecule has 1 N–H and O–H groups in total. The van der Waals surface area contributed by atoms with Gasteiger partial charge in [-0.25, -0.2) is 8.42 Å². The molecule has 8 heteroatoms. The van der Waals surface area contributed by atoms with E-state index in [0.717, 1.165) is 26.1 Å². The highest BCUT2D eigenvalue weighted by molar-refractivity contribution is 7.89. The number of carbonyl (C=O) groups is 1. The van der Waals surface area contributed by atoms with Gasteiger partial charge < -0.3 is 14.6 Å². The van der Waals surface area contributed by atoms with Gasteiger partial charge in [-0.15, -0.1) is 0 Å². The van der Waals surface area contributed by atoms with E-state index in [1.54, 1.807) is 22.5 Å². The number of amides is 1. The lowest BCUT2D eigenvalue weighted by atomic mass is 9.94. The highest BCUT2D eigenvalue weighted by Crippen LogP contribution is 2.31. The number of rotatable bonds is 9. The molecule has 0 bridgehead atoms. The van der Waals surface area contributed by atoms with Crippen LogP contribution in [0.3, 0.4) is 0 Å². The number of benzene rings is 1. The maximum atomic E-state index is 13.3. The molecule has 3 rings (SSSR count). The van der Waals surface area contributed by atoms with Gasteiger partial charge >= 0.3 is 0 Å². The number of aryl methyl sites for hydroxylation is 1. The van der Waals surface area contributed by atoms with Crippen LogP contribution in [0, 0.1) is 24.7 Å². The number of sulfonamides is 1. The zero-order chi connectivity index (χ0) is 24.3. The molecule has 1 saturated heterocycles. The topological polar surface area (TPSA) is 82.9 Å². The molecule has 1 aliphatic heterocycles. The number of piperidine rings is 1. The van der Waals surface area contributed by atoms with Gasteiger partial charge in [0.15, 0.2) is 5.76 Å². The molecule has 1 fully saturated rings. The Labute approximate surface area is 198 Å². The lowest BCUT2D eigenvalue weighted by Crippen LogP contribution is -2.42. The Morgan fingerprint density at radius 3 is 2.45 bits per heavy atom. The predicted octanol–water partition coefficient (Wildman–Crippen LogP) is 4.12. The third-order valence-electron chi connectivity index (χ3n) is 6.66. The van der Waals surface area contributed by atoms with Crippen molar-refractivity contribution in [3.8, 4) is 0 Å². The third kappa shape index (κ3) is 5.78.